The first-order valence-electron chi connectivity index (χ1n) is 9.41. The number of benzene rings is 1. The van der Waals surface area contributed by atoms with Gasteiger partial charge in [0.05, 0.1) is 6.61 Å². The van der Waals surface area contributed by atoms with Gasteiger partial charge in [-0.1, -0.05) is 28.8 Å². The molecule has 0 aliphatic heterocycles. The van der Waals surface area contributed by atoms with E-state index in [0.29, 0.717) is 24.1 Å². The first-order valence-corrected chi connectivity index (χ1v) is 10.2. The quantitative estimate of drug-likeness (QED) is 0.654. The van der Waals surface area contributed by atoms with E-state index in [4.69, 9.17) is 9.47 Å². The zero-order chi connectivity index (χ0) is 19.2. The molecule has 0 bridgehead atoms. The molecule has 146 valence electrons. The Morgan fingerprint density at radius 1 is 1.19 bits per heavy atom. The SMILES string of the molecule is CCOc1cc(CNC2CCCC2)c(Br)cc1OCC(=O)NC(C)(C)C. The predicted octanol–water partition coefficient (Wildman–Crippen LogP) is 4.17. The molecule has 0 radical (unpaired) electrons. The van der Waals surface area contributed by atoms with E-state index in [1.54, 1.807) is 0 Å². The Kier molecular flexibility index (Phi) is 7.77. The Morgan fingerprint density at radius 3 is 2.46 bits per heavy atom. The van der Waals surface area contributed by atoms with Gasteiger partial charge in [-0.3, -0.25) is 4.79 Å². The number of rotatable bonds is 8. The molecular formula is C20H31BrN2O3. The minimum Gasteiger partial charge on any atom is -0.490 e. The lowest BCUT2D eigenvalue weighted by molar-refractivity contribution is -0.124. The van der Waals surface area contributed by atoms with Crippen molar-refractivity contribution in [2.24, 2.45) is 0 Å². The molecule has 0 atom stereocenters. The van der Waals surface area contributed by atoms with Crippen molar-refractivity contribution in [3.8, 4) is 11.5 Å². The van der Waals surface area contributed by atoms with Gasteiger partial charge in [-0.05, 0) is 58.2 Å². The van der Waals surface area contributed by atoms with Gasteiger partial charge in [0, 0.05) is 22.6 Å². The standard InChI is InChI=1S/C20H31BrN2O3/c1-5-25-17-10-14(12-22-15-8-6-7-9-15)16(21)11-18(17)26-13-19(24)23-20(2,3)4/h10-11,15,22H,5-9,12-13H2,1-4H3,(H,23,24). The molecule has 1 aromatic carbocycles. The summed E-state index contributed by atoms with van der Waals surface area (Å²) in [4.78, 5) is 12.0. The van der Waals surface area contributed by atoms with Crippen LogP contribution in [0.4, 0.5) is 0 Å². The zero-order valence-corrected chi connectivity index (χ0v) is 17.9. The maximum absolute atomic E-state index is 12.0. The molecule has 1 fully saturated rings. The van der Waals surface area contributed by atoms with Gasteiger partial charge in [0.1, 0.15) is 0 Å². The summed E-state index contributed by atoms with van der Waals surface area (Å²) in [6.07, 6.45) is 5.12. The summed E-state index contributed by atoms with van der Waals surface area (Å²) < 4.78 is 12.4. The molecule has 2 N–H and O–H groups in total. The van der Waals surface area contributed by atoms with Crippen LogP contribution in [-0.2, 0) is 11.3 Å². The number of halogens is 1. The summed E-state index contributed by atoms with van der Waals surface area (Å²) in [5.41, 5.74) is 0.853. The lowest BCUT2D eigenvalue weighted by Gasteiger charge is -2.21. The number of carbonyl (C=O) groups is 1. The van der Waals surface area contributed by atoms with E-state index >= 15 is 0 Å². The monoisotopic (exact) mass is 426 g/mol. The van der Waals surface area contributed by atoms with Gasteiger partial charge in [0.2, 0.25) is 0 Å². The highest BCUT2D eigenvalue weighted by molar-refractivity contribution is 9.10. The molecular weight excluding hydrogens is 396 g/mol. The third-order valence-electron chi connectivity index (χ3n) is 4.22. The fourth-order valence-electron chi connectivity index (χ4n) is 3.08. The molecule has 1 amide bonds. The van der Waals surface area contributed by atoms with Crippen molar-refractivity contribution >= 4 is 21.8 Å². The Hall–Kier alpha value is -1.27. The van der Waals surface area contributed by atoms with Crippen molar-refractivity contribution in [2.75, 3.05) is 13.2 Å². The maximum Gasteiger partial charge on any atom is 0.258 e. The molecule has 26 heavy (non-hydrogen) atoms. The smallest absolute Gasteiger partial charge is 0.258 e. The van der Waals surface area contributed by atoms with Crippen molar-refractivity contribution in [3.63, 3.8) is 0 Å². The fraction of sp³-hybridized carbons (Fsp3) is 0.650. The Morgan fingerprint density at radius 2 is 1.85 bits per heavy atom. The van der Waals surface area contributed by atoms with Crippen LogP contribution in [0.2, 0.25) is 0 Å². The summed E-state index contributed by atoms with van der Waals surface area (Å²) >= 11 is 3.62. The van der Waals surface area contributed by atoms with Crippen molar-refractivity contribution in [1.29, 1.82) is 0 Å². The number of carbonyl (C=O) groups excluding carboxylic acids is 1. The summed E-state index contributed by atoms with van der Waals surface area (Å²) in [7, 11) is 0. The first kappa shape index (κ1) is 21.0. The van der Waals surface area contributed by atoms with Crippen molar-refractivity contribution in [2.45, 2.75) is 71.5 Å². The normalized spacial score (nSPS) is 15.1. The number of hydrogen-bond acceptors (Lipinski definition) is 4. The summed E-state index contributed by atoms with van der Waals surface area (Å²) in [6, 6.07) is 4.49. The topological polar surface area (TPSA) is 59.6 Å². The number of nitrogens with one attached hydrogen (secondary N) is 2. The van der Waals surface area contributed by atoms with E-state index in [1.807, 2.05) is 39.8 Å². The van der Waals surface area contributed by atoms with Gasteiger partial charge >= 0.3 is 0 Å². The van der Waals surface area contributed by atoms with Crippen LogP contribution >= 0.6 is 15.9 Å². The molecule has 1 aliphatic carbocycles. The summed E-state index contributed by atoms with van der Waals surface area (Å²) in [5, 5.41) is 6.50. The summed E-state index contributed by atoms with van der Waals surface area (Å²) in [6.45, 7) is 9.06. The van der Waals surface area contributed by atoms with Crippen LogP contribution in [0.3, 0.4) is 0 Å². The molecule has 0 heterocycles. The fourth-order valence-corrected chi connectivity index (χ4v) is 3.54. The molecule has 1 aliphatic rings. The predicted molar refractivity (Wildman–Crippen MR) is 108 cm³/mol. The van der Waals surface area contributed by atoms with Gasteiger partial charge in [0.25, 0.3) is 5.91 Å². The molecule has 0 aromatic heterocycles. The minimum absolute atomic E-state index is 0.0382. The average molecular weight is 427 g/mol. The Labute approximate surface area is 165 Å². The molecule has 0 saturated heterocycles. The van der Waals surface area contributed by atoms with Gasteiger partial charge in [-0.15, -0.1) is 0 Å². The van der Waals surface area contributed by atoms with Gasteiger partial charge in [0.15, 0.2) is 18.1 Å². The van der Waals surface area contributed by atoms with E-state index in [-0.39, 0.29) is 18.1 Å². The third kappa shape index (κ3) is 6.80. The molecule has 6 heteroatoms. The van der Waals surface area contributed by atoms with Crippen LogP contribution in [0.25, 0.3) is 0 Å². The van der Waals surface area contributed by atoms with Crippen molar-refractivity contribution in [3.05, 3.63) is 22.2 Å². The van der Waals surface area contributed by atoms with E-state index < -0.39 is 0 Å². The lowest BCUT2D eigenvalue weighted by Crippen LogP contribution is -2.43. The van der Waals surface area contributed by atoms with E-state index in [9.17, 15) is 4.79 Å². The van der Waals surface area contributed by atoms with E-state index in [0.717, 1.165) is 16.6 Å². The van der Waals surface area contributed by atoms with Crippen molar-refractivity contribution < 1.29 is 14.3 Å². The van der Waals surface area contributed by atoms with Crippen LogP contribution in [0.15, 0.2) is 16.6 Å². The van der Waals surface area contributed by atoms with E-state index in [2.05, 4.69) is 26.6 Å². The maximum atomic E-state index is 12.0. The van der Waals surface area contributed by atoms with Crippen LogP contribution < -0.4 is 20.1 Å². The number of amides is 1. The minimum atomic E-state index is -0.278. The Bertz CT molecular complexity index is 608. The molecule has 2 rings (SSSR count). The van der Waals surface area contributed by atoms with Crippen molar-refractivity contribution in [1.82, 2.24) is 10.6 Å². The molecule has 0 unspecified atom stereocenters. The van der Waals surface area contributed by atoms with Crippen LogP contribution in [0.1, 0.15) is 58.9 Å². The van der Waals surface area contributed by atoms with E-state index in [1.165, 1.54) is 25.7 Å². The van der Waals surface area contributed by atoms with Gasteiger partial charge in [-0.25, -0.2) is 0 Å². The van der Waals surface area contributed by atoms with Gasteiger partial charge in [-0.2, -0.15) is 0 Å². The third-order valence-corrected chi connectivity index (χ3v) is 4.96. The van der Waals surface area contributed by atoms with Crippen LogP contribution in [0, 0.1) is 0 Å². The second-order valence-corrected chi connectivity index (χ2v) is 8.63. The number of hydrogen-bond donors (Lipinski definition) is 2. The number of ether oxygens (including phenoxy) is 2. The van der Waals surface area contributed by atoms with Crippen LogP contribution in [0.5, 0.6) is 11.5 Å². The second kappa shape index (κ2) is 9.60. The first-order chi connectivity index (χ1) is 12.3. The highest BCUT2D eigenvalue weighted by atomic mass is 79.9. The molecule has 0 spiro atoms. The largest absolute Gasteiger partial charge is 0.490 e. The molecule has 1 aromatic rings. The highest BCUT2D eigenvalue weighted by Gasteiger charge is 2.18. The highest BCUT2D eigenvalue weighted by Crippen LogP contribution is 2.34. The average Bonchev–Trinajstić information content (AvgIpc) is 3.05. The zero-order valence-electron chi connectivity index (χ0n) is 16.3. The second-order valence-electron chi connectivity index (χ2n) is 7.77. The van der Waals surface area contributed by atoms with Gasteiger partial charge < -0.3 is 20.1 Å². The summed E-state index contributed by atoms with van der Waals surface area (Å²) in [5.74, 6) is 1.10. The molecule has 1 saturated carbocycles. The van der Waals surface area contributed by atoms with Crippen LogP contribution in [-0.4, -0.2) is 30.7 Å². The lowest BCUT2D eigenvalue weighted by atomic mass is 10.1. The molecule has 5 nitrogen and oxygen atoms in total. The Balaban J connectivity index is 2.03.